The number of nitrogens with zero attached hydrogens (tertiary/aromatic N) is 1. The van der Waals surface area contributed by atoms with Crippen LogP contribution in [-0.4, -0.2) is 35.1 Å². The Labute approximate surface area is 127 Å². The molecule has 3 aliphatic rings. The molecule has 1 saturated heterocycles. The Morgan fingerprint density at radius 3 is 1.89 bits per heavy atom. The molecule has 0 spiro atoms. The van der Waals surface area contributed by atoms with Crippen LogP contribution in [0.5, 0.6) is 0 Å². The Hall–Kier alpha value is -0.0505. The molecular weight excluding hydrogens is 282 g/mol. The fraction of sp³-hybridized carbons (Fsp3) is 0.267. The van der Waals surface area contributed by atoms with Crippen molar-refractivity contribution in [2.24, 2.45) is 0 Å². The molecule has 2 atom stereocenters. The molecule has 3 nitrogen and oxygen atoms in total. The van der Waals surface area contributed by atoms with Crippen molar-refractivity contribution in [2.75, 3.05) is 7.05 Å². The monoisotopic (exact) mass is 299 g/mol. The first-order valence-corrected chi connectivity index (χ1v) is 6.03. The Morgan fingerprint density at radius 1 is 1.05 bits per heavy atom. The predicted molar refractivity (Wildman–Crippen MR) is 69.1 cm³/mol. The molecule has 0 aromatic carbocycles. The average Bonchev–Trinajstić information content (AvgIpc) is 3.09. The Balaban J connectivity index is 0.000000256. The van der Waals surface area contributed by atoms with Crippen LogP contribution in [0.2, 0.25) is 0 Å². The van der Waals surface area contributed by atoms with E-state index in [1.807, 2.05) is 57.8 Å². The van der Waals surface area contributed by atoms with Gasteiger partial charge in [-0.25, -0.2) is 0 Å². The van der Waals surface area contributed by atoms with Crippen molar-refractivity contribution in [3.8, 4) is 0 Å². The van der Waals surface area contributed by atoms with Gasteiger partial charge in [0.15, 0.2) is 0 Å². The molecule has 0 bridgehead atoms. The van der Waals surface area contributed by atoms with E-state index in [0.717, 1.165) is 5.92 Å². The number of likely N-dealkylation sites (tertiary alicyclic amines) is 1. The quantitative estimate of drug-likeness (QED) is 0.734. The van der Waals surface area contributed by atoms with Gasteiger partial charge >= 0.3 is 17.1 Å². The smallest absolute Gasteiger partial charge is 0.383 e. The fourth-order valence-electron chi connectivity index (χ4n) is 2.15. The standard InChI is InChI=1S/C10H12NO2.C5H5.Fe/c1-11-8(6-9(12)10(11)13)7-4-2-3-5-7;1-2-4-5-3-1;/h2-5,8-9,12H,6H2,1H3;1-5H;/q;;+2/t8-,9-;;/m0../s1. The summed E-state index contributed by atoms with van der Waals surface area (Å²) in [6, 6.07) is 0.0532. The second-order valence-corrected chi connectivity index (χ2v) is 4.40. The van der Waals surface area contributed by atoms with Crippen LogP contribution in [0, 0.1) is 63.7 Å². The van der Waals surface area contributed by atoms with Crippen molar-refractivity contribution < 1.29 is 27.0 Å². The van der Waals surface area contributed by atoms with Crippen LogP contribution in [0.25, 0.3) is 0 Å². The van der Waals surface area contributed by atoms with Gasteiger partial charge in [-0.1, -0.05) is 0 Å². The van der Waals surface area contributed by atoms with E-state index in [1.54, 1.807) is 11.9 Å². The molecule has 3 fully saturated rings. The second kappa shape index (κ2) is 8.28. The fourth-order valence-corrected chi connectivity index (χ4v) is 2.15. The molecule has 1 N–H and O–H groups in total. The van der Waals surface area contributed by atoms with Crippen LogP contribution in [0.4, 0.5) is 0 Å². The Kier molecular flexibility index (Phi) is 7.41. The summed E-state index contributed by atoms with van der Waals surface area (Å²) in [5.74, 6) is 0.929. The van der Waals surface area contributed by atoms with Gasteiger partial charge in [0.2, 0.25) is 0 Å². The molecule has 100 valence electrons. The minimum atomic E-state index is -0.815. The molecule has 2 aliphatic carbocycles. The van der Waals surface area contributed by atoms with E-state index in [9.17, 15) is 9.90 Å². The van der Waals surface area contributed by atoms with Crippen molar-refractivity contribution in [2.45, 2.75) is 18.6 Å². The van der Waals surface area contributed by atoms with Gasteiger partial charge in [-0.15, -0.1) is 0 Å². The summed E-state index contributed by atoms with van der Waals surface area (Å²) in [5, 5.41) is 9.35. The third-order valence-corrected chi connectivity index (χ3v) is 3.18. The van der Waals surface area contributed by atoms with Crippen LogP contribution in [-0.2, 0) is 21.9 Å². The molecule has 1 heterocycles. The number of likely N-dealkylation sites (N-methyl/N-ethyl adjacent to an activating group) is 1. The second-order valence-electron chi connectivity index (χ2n) is 4.40. The third kappa shape index (κ3) is 4.47. The molecular formula is C15H17FeNO2+2. The van der Waals surface area contributed by atoms with Crippen LogP contribution in [0.1, 0.15) is 6.42 Å². The van der Waals surface area contributed by atoms with E-state index < -0.39 is 6.10 Å². The van der Waals surface area contributed by atoms with Gasteiger partial charge in [0.25, 0.3) is 5.91 Å². The topological polar surface area (TPSA) is 40.5 Å². The average molecular weight is 299 g/mol. The largest absolute Gasteiger partial charge is 2.00 e. The van der Waals surface area contributed by atoms with Crippen LogP contribution >= 0.6 is 0 Å². The van der Waals surface area contributed by atoms with Crippen molar-refractivity contribution in [3.05, 3.63) is 63.7 Å². The van der Waals surface area contributed by atoms with E-state index in [-0.39, 0.29) is 29.0 Å². The van der Waals surface area contributed by atoms with Crippen molar-refractivity contribution in [1.82, 2.24) is 4.90 Å². The van der Waals surface area contributed by atoms with Crippen LogP contribution in [0.15, 0.2) is 0 Å². The minimum Gasteiger partial charge on any atom is -0.383 e. The molecule has 10 radical (unpaired) electrons. The van der Waals surface area contributed by atoms with Gasteiger partial charge in [0, 0.05) is 25.4 Å². The van der Waals surface area contributed by atoms with Crippen LogP contribution < -0.4 is 0 Å². The SMILES string of the molecule is CN1C(=O)[C@@H](O)C[C@H]1[C]1[CH][CH][CH][CH]1.[CH]1[CH][CH][CH][CH]1.[Fe+2]. The van der Waals surface area contributed by atoms with Gasteiger partial charge in [-0.3, -0.25) is 4.79 Å². The molecule has 0 aromatic heterocycles. The van der Waals surface area contributed by atoms with E-state index in [0.29, 0.717) is 6.42 Å². The van der Waals surface area contributed by atoms with Gasteiger partial charge in [-0.2, -0.15) is 0 Å². The number of hydrogen-bond acceptors (Lipinski definition) is 2. The van der Waals surface area contributed by atoms with E-state index >= 15 is 0 Å². The summed E-state index contributed by atoms with van der Waals surface area (Å²) < 4.78 is 0. The number of carbonyl (C=O) groups is 1. The summed E-state index contributed by atoms with van der Waals surface area (Å²) in [7, 11) is 1.73. The van der Waals surface area contributed by atoms with Crippen LogP contribution in [0.3, 0.4) is 0 Å². The van der Waals surface area contributed by atoms with Gasteiger partial charge in [0.05, 0.1) is 0 Å². The first-order chi connectivity index (χ1) is 8.70. The normalized spacial score (nSPS) is 31.1. The van der Waals surface area contributed by atoms with Crippen molar-refractivity contribution in [1.29, 1.82) is 0 Å². The zero-order chi connectivity index (χ0) is 13.0. The van der Waals surface area contributed by atoms with E-state index in [1.165, 1.54) is 0 Å². The van der Waals surface area contributed by atoms with Crippen molar-refractivity contribution in [3.63, 3.8) is 0 Å². The molecule has 2 saturated carbocycles. The van der Waals surface area contributed by atoms with Crippen molar-refractivity contribution >= 4 is 5.91 Å². The molecule has 0 unspecified atom stereocenters. The molecule has 1 aliphatic heterocycles. The van der Waals surface area contributed by atoms with Gasteiger partial charge in [-0.05, 0) is 57.8 Å². The minimum absolute atomic E-state index is 0. The number of rotatable bonds is 1. The Bertz CT molecular complexity index is 268. The maximum atomic E-state index is 11.3. The third-order valence-electron chi connectivity index (χ3n) is 3.18. The first kappa shape index (κ1) is 17.0. The zero-order valence-electron chi connectivity index (χ0n) is 10.7. The Morgan fingerprint density at radius 2 is 1.53 bits per heavy atom. The van der Waals surface area contributed by atoms with Gasteiger partial charge in [0.1, 0.15) is 6.10 Å². The van der Waals surface area contributed by atoms with E-state index in [2.05, 4.69) is 0 Å². The molecule has 1 amide bonds. The molecule has 0 aromatic rings. The number of amides is 1. The summed E-state index contributed by atoms with van der Waals surface area (Å²) in [4.78, 5) is 12.9. The predicted octanol–water partition coefficient (Wildman–Crippen LogP) is 1.00. The first-order valence-electron chi connectivity index (χ1n) is 6.03. The number of aliphatic hydroxyl groups is 1. The molecule has 3 rings (SSSR count). The van der Waals surface area contributed by atoms with Gasteiger partial charge < -0.3 is 10.0 Å². The number of carbonyl (C=O) groups excluding carboxylic acids is 1. The summed E-state index contributed by atoms with van der Waals surface area (Å²) in [6.07, 6.45) is 17.5. The summed E-state index contributed by atoms with van der Waals surface area (Å²) >= 11 is 0. The molecule has 4 heteroatoms. The van der Waals surface area contributed by atoms with E-state index in [4.69, 9.17) is 0 Å². The summed E-state index contributed by atoms with van der Waals surface area (Å²) in [5.41, 5.74) is 0. The maximum absolute atomic E-state index is 11.3. The number of hydrogen-bond donors (Lipinski definition) is 1. The molecule has 19 heavy (non-hydrogen) atoms. The number of aliphatic hydroxyl groups excluding tert-OH is 1. The summed E-state index contributed by atoms with van der Waals surface area (Å²) in [6.45, 7) is 0. The zero-order valence-corrected chi connectivity index (χ0v) is 11.8. The maximum Gasteiger partial charge on any atom is 2.00 e.